The molecular weight excluding hydrogens is 422 g/mol. The fraction of sp³-hybridized carbons (Fsp3) is 0.367. The molecule has 4 heteroatoms. The van der Waals surface area contributed by atoms with Gasteiger partial charge in [0, 0.05) is 12.1 Å². The first kappa shape index (κ1) is 25.5. The molecule has 0 saturated carbocycles. The smallest absolute Gasteiger partial charge is 0.170 e. The van der Waals surface area contributed by atoms with Crippen molar-refractivity contribution in [2.24, 2.45) is 0 Å². The Morgan fingerprint density at radius 3 is 1.97 bits per heavy atom. The lowest BCUT2D eigenvalue weighted by atomic mass is 9.76. The average molecular weight is 460 g/mol. The van der Waals surface area contributed by atoms with E-state index in [-0.39, 0.29) is 17.6 Å². The number of ketones is 1. The third-order valence-electron chi connectivity index (χ3n) is 6.54. The maximum absolute atomic E-state index is 13.9. The summed E-state index contributed by atoms with van der Waals surface area (Å²) in [7, 11) is 1.65. The van der Waals surface area contributed by atoms with Gasteiger partial charge in [0.25, 0.3) is 0 Å². The van der Waals surface area contributed by atoms with Crippen LogP contribution in [0, 0.1) is 0 Å². The Morgan fingerprint density at radius 2 is 1.41 bits per heavy atom. The SMILES string of the molecule is CCC(c1ccccc1)C(C(=O)c1ccc(OCCN(CC)CC)cc1)c1ccc(OC)cc1. The van der Waals surface area contributed by atoms with Crippen LogP contribution in [0.5, 0.6) is 11.5 Å². The largest absolute Gasteiger partial charge is 0.497 e. The molecule has 4 nitrogen and oxygen atoms in total. The number of Topliss-reactive ketones (excluding diaryl/α,β-unsaturated/α-hetero) is 1. The van der Waals surface area contributed by atoms with Crippen molar-refractivity contribution in [2.45, 2.75) is 39.0 Å². The third-order valence-corrected chi connectivity index (χ3v) is 6.54. The number of hydrogen-bond donors (Lipinski definition) is 0. The minimum Gasteiger partial charge on any atom is -0.497 e. The maximum atomic E-state index is 13.9. The van der Waals surface area contributed by atoms with Gasteiger partial charge in [0.15, 0.2) is 5.78 Å². The van der Waals surface area contributed by atoms with Gasteiger partial charge in [0.05, 0.1) is 13.0 Å². The van der Waals surface area contributed by atoms with E-state index in [9.17, 15) is 4.79 Å². The van der Waals surface area contributed by atoms with Gasteiger partial charge in [0.2, 0.25) is 0 Å². The van der Waals surface area contributed by atoms with E-state index in [0.29, 0.717) is 12.2 Å². The van der Waals surface area contributed by atoms with E-state index in [1.54, 1.807) is 7.11 Å². The highest BCUT2D eigenvalue weighted by Gasteiger charge is 2.30. The number of hydrogen-bond acceptors (Lipinski definition) is 4. The molecule has 2 atom stereocenters. The molecule has 0 aliphatic heterocycles. The molecule has 180 valence electrons. The van der Waals surface area contributed by atoms with Crippen LogP contribution in [0.4, 0.5) is 0 Å². The second-order valence-corrected chi connectivity index (χ2v) is 8.44. The molecule has 0 aromatic heterocycles. The predicted molar refractivity (Wildman–Crippen MR) is 139 cm³/mol. The van der Waals surface area contributed by atoms with Gasteiger partial charge in [-0.25, -0.2) is 0 Å². The number of carbonyl (C=O) groups excluding carboxylic acids is 1. The number of likely N-dealkylation sites (N-methyl/N-ethyl adjacent to an activating group) is 1. The number of nitrogens with zero attached hydrogens (tertiary/aromatic N) is 1. The highest BCUT2D eigenvalue weighted by atomic mass is 16.5. The van der Waals surface area contributed by atoms with Crippen LogP contribution in [0.1, 0.15) is 60.5 Å². The molecule has 3 aromatic rings. The monoisotopic (exact) mass is 459 g/mol. The number of ether oxygens (including phenoxy) is 2. The van der Waals surface area contributed by atoms with E-state index in [0.717, 1.165) is 43.1 Å². The molecule has 0 aliphatic carbocycles. The molecule has 0 spiro atoms. The Labute approximate surface area is 204 Å². The number of benzene rings is 3. The van der Waals surface area contributed by atoms with E-state index in [4.69, 9.17) is 9.47 Å². The Bertz CT molecular complexity index is 995. The van der Waals surface area contributed by atoms with Crippen LogP contribution in [0.2, 0.25) is 0 Å². The summed E-state index contributed by atoms with van der Waals surface area (Å²) in [5.74, 6) is 1.49. The van der Waals surface area contributed by atoms with Crippen molar-refractivity contribution < 1.29 is 14.3 Å². The van der Waals surface area contributed by atoms with Gasteiger partial charge in [-0.15, -0.1) is 0 Å². The van der Waals surface area contributed by atoms with Crippen molar-refractivity contribution in [1.82, 2.24) is 4.90 Å². The molecule has 0 heterocycles. The van der Waals surface area contributed by atoms with E-state index in [1.807, 2.05) is 66.7 Å². The molecule has 0 saturated heterocycles. The number of rotatable bonds is 13. The van der Waals surface area contributed by atoms with Gasteiger partial charge in [-0.1, -0.05) is 63.2 Å². The molecule has 0 fully saturated rings. The van der Waals surface area contributed by atoms with E-state index in [2.05, 4.69) is 37.8 Å². The summed E-state index contributed by atoms with van der Waals surface area (Å²) in [5, 5.41) is 0. The summed E-state index contributed by atoms with van der Waals surface area (Å²) >= 11 is 0. The summed E-state index contributed by atoms with van der Waals surface area (Å²) < 4.78 is 11.3. The lowest BCUT2D eigenvalue weighted by Gasteiger charge is -2.26. The summed E-state index contributed by atoms with van der Waals surface area (Å²) in [5.41, 5.74) is 2.88. The first-order chi connectivity index (χ1) is 16.6. The normalized spacial score (nSPS) is 12.9. The highest BCUT2D eigenvalue weighted by molar-refractivity contribution is 6.01. The fourth-order valence-corrected chi connectivity index (χ4v) is 4.47. The van der Waals surface area contributed by atoms with Crippen LogP contribution in [0.3, 0.4) is 0 Å². The Morgan fingerprint density at radius 1 is 0.794 bits per heavy atom. The minimum absolute atomic E-state index is 0.0760. The van der Waals surface area contributed by atoms with Crippen molar-refractivity contribution in [1.29, 1.82) is 0 Å². The molecule has 0 bridgehead atoms. The summed E-state index contributed by atoms with van der Waals surface area (Å²) in [6.45, 7) is 10.0. The standard InChI is InChI=1S/C30H37NO3/c1-5-28(23-11-9-8-10-12-23)29(24-13-17-26(33-4)18-14-24)30(32)25-15-19-27(20-16-25)34-22-21-31(6-2)7-3/h8-20,28-29H,5-7,21-22H2,1-4H3. The van der Waals surface area contributed by atoms with Crippen molar-refractivity contribution in [3.05, 3.63) is 95.6 Å². The van der Waals surface area contributed by atoms with E-state index in [1.165, 1.54) is 5.56 Å². The highest BCUT2D eigenvalue weighted by Crippen LogP contribution is 2.38. The van der Waals surface area contributed by atoms with Gasteiger partial charge in [-0.2, -0.15) is 0 Å². The predicted octanol–water partition coefficient (Wildman–Crippen LogP) is 6.58. The molecule has 0 N–H and O–H groups in total. The Hall–Kier alpha value is -3.11. The second-order valence-electron chi connectivity index (χ2n) is 8.44. The van der Waals surface area contributed by atoms with Gasteiger partial charge in [-0.05, 0) is 73.0 Å². The van der Waals surface area contributed by atoms with Crippen LogP contribution < -0.4 is 9.47 Å². The molecule has 0 amide bonds. The van der Waals surface area contributed by atoms with Crippen LogP contribution in [-0.2, 0) is 0 Å². The van der Waals surface area contributed by atoms with Gasteiger partial charge in [0.1, 0.15) is 18.1 Å². The number of carbonyl (C=O) groups is 1. The van der Waals surface area contributed by atoms with Gasteiger partial charge >= 0.3 is 0 Å². The number of methoxy groups -OCH3 is 1. The first-order valence-corrected chi connectivity index (χ1v) is 12.3. The molecule has 34 heavy (non-hydrogen) atoms. The third kappa shape index (κ3) is 6.48. The zero-order valence-electron chi connectivity index (χ0n) is 20.9. The lowest BCUT2D eigenvalue weighted by Crippen LogP contribution is -2.27. The lowest BCUT2D eigenvalue weighted by molar-refractivity contribution is 0.0945. The minimum atomic E-state index is -0.284. The van der Waals surface area contributed by atoms with Crippen molar-refractivity contribution >= 4 is 5.78 Å². The molecule has 0 radical (unpaired) electrons. The van der Waals surface area contributed by atoms with Gasteiger partial charge in [-0.3, -0.25) is 4.79 Å². The van der Waals surface area contributed by atoms with Crippen LogP contribution in [0.15, 0.2) is 78.9 Å². The average Bonchev–Trinajstić information content (AvgIpc) is 2.90. The molecule has 0 aliphatic rings. The summed E-state index contributed by atoms with van der Waals surface area (Å²) in [6, 6.07) is 25.8. The summed E-state index contributed by atoms with van der Waals surface area (Å²) in [4.78, 5) is 16.2. The molecule has 3 rings (SSSR count). The Balaban J connectivity index is 1.84. The van der Waals surface area contributed by atoms with E-state index >= 15 is 0 Å². The van der Waals surface area contributed by atoms with Crippen LogP contribution in [-0.4, -0.2) is 44.0 Å². The van der Waals surface area contributed by atoms with Crippen molar-refractivity contribution in [3.63, 3.8) is 0 Å². The topological polar surface area (TPSA) is 38.8 Å². The summed E-state index contributed by atoms with van der Waals surface area (Å²) in [6.07, 6.45) is 0.860. The maximum Gasteiger partial charge on any atom is 0.170 e. The first-order valence-electron chi connectivity index (χ1n) is 12.3. The van der Waals surface area contributed by atoms with Crippen molar-refractivity contribution in [3.8, 4) is 11.5 Å². The van der Waals surface area contributed by atoms with Crippen LogP contribution >= 0.6 is 0 Å². The van der Waals surface area contributed by atoms with Crippen LogP contribution in [0.25, 0.3) is 0 Å². The van der Waals surface area contributed by atoms with Gasteiger partial charge < -0.3 is 14.4 Å². The molecular formula is C30H37NO3. The fourth-order valence-electron chi connectivity index (χ4n) is 4.47. The Kier molecular flexibility index (Phi) is 9.72. The molecule has 3 aromatic carbocycles. The van der Waals surface area contributed by atoms with E-state index < -0.39 is 0 Å². The zero-order valence-corrected chi connectivity index (χ0v) is 20.9. The quantitative estimate of drug-likeness (QED) is 0.271. The zero-order chi connectivity index (χ0) is 24.3. The van der Waals surface area contributed by atoms with Crippen molar-refractivity contribution in [2.75, 3.05) is 33.4 Å². The molecule has 2 unspecified atom stereocenters. The second kappa shape index (κ2) is 13.0.